The van der Waals surface area contributed by atoms with Crippen LogP contribution in [0.4, 0.5) is 0 Å². The summed E-state index contributed by atoms with van der Waals surface area (Å²) in [4.78, 5) is 0. The average molecular weight is 300 g/mol. The minimum Gasteiger partial charge on any atom is -0.316 e. The first-order valence-corrected chi connectivity index (χ1v) is 10.1. The molecule has 1 rings (SSSR count). The SMILES string of the molecule is CSCCCCCCNCC1CCC(C(C)(C)C)CC1. The van der Waals surface area contributed by atoms with Gasteiger partial charge in [0.15, 0.2) is 0 Å². The van der Waals surface area contributed by atoms with Crippen LogP contribution in [0.1, 0.15) is 72.1 Å². The molecule has 0 amide bonds. The summed E-state index contributed by atoms with van der Waals surface area (Å²) in [6.07, 6.45) is 13.6. The van der Waals surface area contributed by atoms with Gasteiger partial charge in [0.25, 0.3) is 0 Å². The van der Waals surface area contributed by atoms with Crippen LogP contribution in [0.3, 0.4) is 0 Å². The summed E-state index contributed by atoms with van der Waals surface area (Å²) in [7, 11) is 0. The minimum atomic E-state index is 0.523. The van der Waals surface area contributed by atoms with E-state index in [4.69, 9.17) is 0 Å². The first kappa shape index (κ1) is 18.4. The van der Waals surface area contributed by atoms with Gasteiger partial charge in [-0.3, -0.25) is 0 Å². The molecule has 0 unspecified atom stereocenters. The maximum absolute atomic E-state index is 3.69. The van der Waals surface area contributed by atoms with Gasteiger partial charge in [0.2, 0.25) is 0 Å². The standard InChI is InChI=1S/C18H37NS/c1-18(2,3)17-11-9-16(10-12-17)15-19-13-7-5-6-8-14-20-4/h16-17,19H,5-15H2,1-4H3. The van der Waals surface area contributed by atoms with Crippen LogP contribution >= 0.6 is 11.8 Å². The topological polar surface area (TPSA) is 12.0 Å². The molecule has 0 aromatic rings. The molecule has 20 heavy (non-hydrogen) atoms. The fourth-order valence-electron chi connectivity index (χ4n) is 3.39. The zero-order chi connectivity index (χ0) is 14.8. The van der Waals surface area contributed by atoms with Crippen molar-refractivity contribution >= 4 is 11.8 Å². The second-order valence-corrected chi connectivity index (χ2v) is 8.68. The van der Waals surface area contributed by atoms with Crippen molar-refractivity contribution in [1.82, 2.24) is 5.32 Å². The van der Waals surface area contributed by atoms with Crippen molar-refractivity contribution in [2.45, 2.75) is 72.1 Å². The second-order valence-electron chi connectivity index (χ2n) is 7.69. The number of unbranched alkanes of at least 4 members (excludes halogenated alkanes) is 3. The van der Waals surface area contributed by atoms with Crippen LogP contribution < -0.4 is 5.32 Å². The molecule has 1 nitrogen and oxygen atoms in total. The Hall–Kier alpha value is 0.310. The van der Waals surface area contributed by atoms with Gasteiger partial charge in [-0.25, -0.2) is 0 Å². The predicted molar refractivity (Wildman–Crippen MR) is 94.6 cm³/mol. The zero-order valence-electron chi connectivity index (χ0n) is 14.3. The van der Waals surface area contributed by atoms with Crippen molar-refractivity contribution in [3.8, 4) is 0 Å². The van der Waals surface area contributed by atoms with Crippen LogP contribution in [0.2, 0.25) is 0 Å². The van der Waals surface area contributed by atoms with Gasteiger partial charge in [-0.15, -0.1) is 0 Å². The van der Waals surface area contributed by atoms with Crippen LogP contribution in [-0.2, 0) is 0 Å². The smallest absolute Gasteiger partial charge is 0.00205 e. The van der Waals surface area contributed by atoms with Gasteiger partial charge >= 0.3 is 0 Å². The summed E-state index contributed by atoms with van der Waals surface area (Å²) in [6, 6.07) is 0. The molecule has 1 aliphatic carbocycles. The van der Waals surface area contributed by atoms with Gasteiger partial charge < -0.3 is 5.32 Å². The number of nitrogens with one attached hydrogen (secondary N) is 1. The first-order chi connectivity index (χ1) is 9.54. The third kappa shape index (κ3) is 7.93. The van der Waals surface area contributed by atoms with Crippen LogP contribution in [0.25, 0.3) is 0 Å². The minimum absolute atomic E-state index is 0.523. The van der Waals surface area contributed by atoms with E-state index in [2.05, 4.69) is 32.3 Å². The number of thioether (sulfide) groups is 1. The van der Waals surface area contributed by atoms with E-state index >= 15 is 0 Å². The monoisotopic (exact) mass is 299 g/mol. The number of hydrogen-bond acceptors (Lipinski definition) is 2. The Balaban J connectivity index is 1.94. The molecule has 0 bridgehead atoms. The van der Waals surface area contributed by atoms with E-state index in [0.717, 1.165) is 11.8 Å². The van der Waals surface area contributed by atoms with Crippen LogP contribution in [-0.4, -0.2) is 25.1 Å². The molecule has 0 aromatic heterocycles. The molecule has 0 aromatic carbocycles. The van der Waals surface area contributed by atoms with Crippen LogP contribution in [0, 0.1) is 17.3 Å². The summed E-state index contributed by atoms with van der Waals surface area (Å²) < 4.78 is 0. The lowest BCUT2D eigenvalue weighted by molar-refractivity contribution is 0.149. The molecular weight excluding hydrogens is 262 g/mol. The van der Waals surface area contributed by atoms with Crippen molar-refractivity contribution < 1.29 is 0 Å². The maximum atomic E-state index is 3.69. The Kier molecular flexibility index (Phi) is 9.28. The summed E-state index contributed by atoms with van der Waals surface area (Å²) in [5, 5.41) is 3.69. The number of hydrogen-bond donors (Lipinski definition) is 1. The van der Waals surface area contributed by atoms with Crippen LogP contribution in [0.5, 0.6) is 0 Å². The van der Waals surface area contributed by atoms with Gasteiger partial charge in [-0.2, -0.15) is 11.8 Å². The Bertz CT molecular complexity index is 226. The second kappa shape index (κ2) is 10.1. The van der Waals surface area contributed by atoms with E-state index in [1.165, 1.54) is 70.2 Å². The van der Waals surface area contributed by atoms with E-state index in [1.54, 1.807) is 0 Å². The fraction of sp³-hybridized carbons (Fsp3) is 1.00. The molecule has 1 N–H and O–H groups in total. The summed E-state index contributed by atoms with van der Waals surface area (Å²) in [6.45, 7) is 9.73. The highest BCUT2D eigenvalue weighted by Crippen LogP contribution is 2.39. The molecule has 0 spiro atoms. The lowest BCUT2D eigenvalue weighted by atomic mass is 9.70. The quantitative estimate of drug-likeness (QED) is 0.576. The largest absolute Gasteiger partial charge is 0.316 e. The maximum Gasteiger partial charge on any atom is -0.00205 e. The number of rotatable bonds is 9. The highest BCUT2D eigenvalue weighted by molar-refractivity contribution is 7.98. The van der Waals surface area contributed by atoms with Crippen molar-refractivity contribution in [3.63, 3.8) is 0 Å². The van der Waals surface area contributed by atoms with Gasteiger partial charge in [0, 0.05) is 0 Å². The van der Waals surface area contributed by atoms with E-state index in [9.17, 15) is 0 Å². The Labute approximate surface area is 132 Å². The lowest BCUT2D eigenvalue weighted by Gasteiger charge is -2.37. The Morgan fingerprint density at radius 2 is 1.60 bits per heavy atom. The fourth-order valence-corrected chi connectivity index (χ4v) is 3.88. The molecule has 2 heteroatoms. The van der Waals surface area contributed by atoms with Gasteiger partial charge in [-0.1, -0.05) is 33.6 Å². The van der Waals surface area contributed by atoms with Gasteiger partial charge in [-0.05, 0) is 80.9 Å². The Morgan fingerprint density at radius 1 is 0.950 bits per heavy atom. The van der Waals surface area contributed by atoms with Crippen molar-refractivity contribution in [3.05, 3.63) is 0 Å². The van der Waals surface area contributed by atoms with Gasteiger partial charge in [0.05, 0.1) is 0 Å². The van der Waals surface area contributed by atoms with Gasteiger partial charge in [0.1, 0.15) is 0 Å². The molecule has 1 aliphatic rings. The Morgan fingerprint density at radius 3 is 2.20 bits per heavy atom. The highest BCUT2D eigenvalue weighted by atomic mass is 32.2. The van der Waals surface area contributed by atoms with E-state index in [1.807, 2.05) is 11.8 Å². The molecule has 1 saturated carbocycles. The lowest BCUT2D eigenvalue weighted by Crippen LogP contribution is -2.31. The van der Waals surface area contributed by atoms with Crippen LogP contribution in [0.15, 0.2) is 0 Å². The van der Waals surface area contributed by atoms with Crippen molar-refractivity contribution in [2.75, 3.05) is 25.1 Å². The molecule has 0 heterocycles. The van der Waals surface area contributed by atoms with Crippen molar-refractivity contribution in [2.24, 2.45) is 17.3 Å². The third-order valence-electron chi connectivity index (χ3n) is 4.96. The molecule has 0 atom stereocenters. The first-order valence-electron chi connectivity index (χ1n) is 8.73. The molecule has 0 saturated heterocycles. The normalized spacial score (nSPS) is 24.0. The average Bonchev–Trinajstić information content (AvgIpc) is 2.41. The zero-order valence-corrected chi connectivity index (χ0v) is 15.2. The summed E-state index contributed by atoms with van der Waals surface area (Å²) in [5.41, 5.74) is 0.523. The molecule has 1 fully saturated rings. The highest BCUT2D eigenvalue weighted by Gasteiger charge is 2.29. The predicted octanol–water partition coefficient (Wildman–Crippen LogP) is 5.35. The van der Waals surface area contributed by atoms with E-state index in [-0.39, 0.29) is 0 Å². The molecular formula is C18H37NS. The third-order valence-corrected chi connectivity index (χ3v) is 5.65. The van der Waals surface area contributed by atoms with Crippen molar-refractivity contribution in [1.29, 1.82) is 0 Å². The molecule has 0 radical (unpaired) electrons. The summed E-state index contributed by atoms with van der Waals surface area (Å²) in [5.74, 6) is 3.24. The van der Waals surface area contributed by atoms with E-state index < -0.39 is 0 Å². The molecule has 0 aliphatic heterocycles. The summed E-state index contributed by atoms with van der Waals surface area (Å²) >= 11 is 1.97. The van der Waals surface area contributed by atoms with E-state index in [0.29, 0.717) is 5.41 Å². The molecule has 120 valence electrons.